The van der Waals surface area contributed by atoms with E-state index in [1.54, 1.807) is 38.1 Å². The monoisotopic (exact) mass is 285 g/mol. The first-order valence-electron chi connectivity index (χ1n) is 6.09. The molecule has 0 saturated carbocycles. The summed E-state index contributed by atoms with van der Waals surface area (Å²) in [6, 6.07) is 5.96. The zero-order valence-corrected chi connectivity index (χ0v) is 12.1. The standard InChI is InChI=1S/C13H19NO4S/c1-4-14(11(3)9-13(15)16)19(17,18)12-7-5-10(2)6-8-12/h5-8,11H,4,9H2,1-3H3,(H,15,16). The Balaban J connectivity index is 3.08. The summed E-state index contributed by atoms with van der Waals surface area (Å²) in [5.74, 6) is -1.01. The first-order chi connectivity index (χ1) is 8.78. The minimum Gasteiger partial charge on any atom is -0.481 e. The second-order valence-electron chi connectivity index (χ2n) is 4.47. The van der Waals surface area contributed by atoms with Gasteiger partial charge >= 0.3 is 5.97 Å². The van der Waals surface area contributed by atoms with Gasteiger partial charge in [0.2, 0.25) is 10.0 Å². The molecule has 5 nitrogen and oxygen atoms in total. The van der Waals surface area contributed by atoms with Crippen LogP contribution >= 0.6 is 0 Å². The van der Waals surface area contributed by atoms with Crippen molar-refractivity contribution in [3.8, 4) is 0 Å². The summed E-state index contributed by atoms with van der Waals surface area (Å²) in [7, 11) is -3.64. The zero-order valence-electron chi connectivity index (χ0n) is 11.3. The van der Waals surface area contributed by atoms with Crippen molar-refractivity contribution in [2.75, 3.05) is 6.54 Å². The van der Waals surface area contributed by atoms with Gasteiger partial charge in [0.1, 0.15) is 0 Å². The summed E-state index contributed by atoms with van der Waals surface area (Å²) >= 11 is 0. The number of carboxylic acids is 1. The van der Waals surface area contributed by atoms with Crippen molar-refractivity contribution in [1.29, 1.82) is 0 Å². The Morgan fingerprint density at radius 2 is 1.84 bits per heavy atom. The highest BCUT2D eigenvalue weighted by Gasteiger charge is 2.28. The summed E-state index contributed by atoms with van der Waals surface area (Å²) < 4.78 is 26.1. The Hall–Kier alpha value is -1.40. The molecule has 106 valence electrons. The fourth-order valence-corrected chi connectivity index (χ4v) is 3.56. The average molecular weight is 285 g/mol. The number of aryl methyl sites for hydroxylation is 1. The van der Waals surface area contributed by atoms with Gasteiger partial charge in [-0.3, -0.25) is 4.79 Å². The number of aliphatic carboxylic acids is 1. The molecule has 0 amide bonds. The van der Waals surface area contributed by atoms with E-state index in [4.69, 9.17) is 5.11 Å². The van der Waals surface area contributed by atoms with E-state index in [0.717, 1.165) is 5.56 Å². The van der Waals surface area contributed by atoms with Crippen molar-refractivity contribution >= 4 is 16.0 Å². The molecule has 0 aliphatic heterocycles. The molecular weight excluding hydrogens is 266 g/mol. The molecule has 0 saturated heterocycles. The van der Waals surface area contributed by atoms with E-state index in [-0.39, 0.29) is 17.9 Å². The maximum Gasteiger partial charge on any atom is 0.304 e. The Morgan fingerprint density at radius 1 is 1.32 bits per heavy atom. The van der Waals surface area contributed by atoms with E-state index in [9.17, 15) is 13.2 Å². The van der Waals surface area contributed by atoms with Gasteiger partial charge < -0.3 is 5.11 Å². The van der Waals surface area contributed by atoms with Crippen LogP contribution in [0.25, 0.3) is 0 Å². The molecule has 0 aromatic heterocycles. The molecule has 1 aromatic rings. The maximum atomic E-state index is 12.4. The minimum atomic E-state index is -3.64. The highest BCUT2D eigenvalue weighted by molar-refractivity contribution is 7.89. The number of benzene rings is 1. The van der Waals surface area contributed by atoms with Crippen molar-refractivity contribution in [2.45, 2.75) is 38.1 Å². The topological polar surface area (TPSA) is 74.7 Å². The molecule has 1 aromatic carbocycles. The third-order valence-electron chi connectivity index (χ3n) is 2.90. The fraction of sp³-hybridized carbons (Fsp3) is 0.462. The summed E-state index contributed by atoms with van der Waals surface area (Å²) in [5, 5.41) is 8.78. The smallest absolute Gasteiger partial charge is 0.304 e. The molecular formula is C13H19NO4S. The second-order valence-corrected chi connectivity index (χ2v) is 6.36. The lowest BCUT2D eigenvalue weighted by atomic mass is 10.2. The highest BCUT2D eigenvalue weighted by atomic mass is 32.2. The molecule has 0 radical (unpaired) electrons. The number of hydrogen-bond acceptors (Lipinski definition) is 3. The first kappa shape index (κ1) is 15.7. The van der Waals surface area contributed by atoms with Gasteiger partial charge in [0, 0.05) is 12.6 Å². The Labute approximate surface area is 113 Å². The van der Waals surface area contributed by atoms with Crippen LogP contribution < -0.4 is 0 Å². The van der Waals surface area contributed by atoms with Gasteiger partial charge in [0.25, 0.3) is 0 Å². The lowest BCUT2D eigenvalue weighted by Gasteiger charge is -2.26. The van der Waals surface area contributed by atoms with Gasteiger partial charge in [-0.15, -0.1) is 0 Å². The Bertz CT molecular complexity index is 536. The maximum absolute atomic E-state index is 12.4. The molecule has 1 rings (SSSR count). The van der Waals surface area contributed by atoms with Gasteiger partial charge in [-0.25, -0.2) is 8.42 Å². The molecule has 0 fully saturated rings. The van der Waals surface area contributed by atoms with Gasteiger partial charge in [0.15, 0.2) is 0 Å². The van der Waals surface area contributed by atoms with E-state index < -0.39 is 22.0 Å². The average Bonchev–Trinajstić information content (AvgIpc) is 2.28. The van der Waals surface area contributed by atoms with Crippen LogP contribution in [0.5, 0.6) is 0 Å². The highest BCUT2D eigenvalue weighted by Crippen LogP contribution is 2.19. The summed E-state index contributed by atoms with van der Waals surface area (Å²) in [6.45, 7) is 5.42. The van der Waals surface area contributed by atoms with Gasteiger partial charge in [-0.2, -0.15) is 4.31 Å². The van der Waals surface area contributed by atoms with Crippen molar-refractivity contribution < 1.29 is 18.3 Å². The van der Waals surface area contributed by atoms with Crippen LogP contribution in [0.4, 0.5) is 0 Å². The molecule has 6 heteroatoms. The van der Waals surface area contributed by atoms with Crippen LogP contribution in [0.15, 0.2) is 29.2 Å². The van der Waals surface area contributed by atoms with Gasteiger partial charge in [-0.05, 0) is 26.0 Å². The number of hydrogen-bond donors (Lipinski definition) is 1. The molecule has 1 N–H and O–H groups in total. The number of rotatable bonds is 6. The van der Waals surface area contributed by atoms with E-state index in [0.29, 0.717) is 0 Å². The summed E-state index contributed by atoms with van der Waals surface area (Å²) in [4.78, 5) is 10.9. The number of carbonyl (C=O) groups is 1. The van der Waals surface area contributed by atoms with Gasteiger partial charge in [0.05, 0.1) is 11.3 Å². The molecule has 0 heterocycles. The summed E-state index contributed by atoms with van der Waals surface area (Å²) in [5.41, 5.74) is 0.973. The molecule has 0 spiro atoms. The van der Waals surface area contributed by atoms with Crippen LogP contribution in [0, 0.1) is 6.92 Å². The number of nitrogens with zero attached hydrogens (tertiary/aromatic N) is 1. The lowest BCUT2D eigenvalue weighted by Crippen LogP contribution is -2.39. The predicted molar refractivity (Wildman–Crippen MR) is 72.5 cm³/mol. The van der Waals surface area contributed by atoms with Crippen molar-refractivity contribution in [2.24, 2.45) is 0 Å². The number of carboxylic acid groups (broad SMARTS) is 1. The third kappa shape index (κ3) is 3.78. The molecule has 1 atom stereocenters. The number of sulfonamides is 1. The second kappa shape index (κ2) is 6.16. The third-order valence-corrected chi connectivity index (χ3v) is 5.00. The quantitative estimate of drug-likeness (QED) is 0.865. The van der Waals surface area contributed by atoms with Crippen molar-refractivity contribution in [3.63, 3.8) is 0 Å². The van der Waals surface area contributed by atoms with Crippen LogP contribution in [0.2, 0.25) is 0 Å². The van der Waals surface area contributed by atoms with Crippen LogP contribution in [0.3, 0.4) is 0 Å². The van der Waals surface area contributed by atoms with Gasteiger partial charge in [-0.1, -0.05) is 24.6 Å². The Kier molecular flexibility index (Phi) is 5.08. The molecule has 19 heavy (non-hydrogen) atoms. The first-order valence-corrected chi connectivity index (χ1v) is 7.53. The van der Waals surface area contributed by atoms with E-state index in [1.165, 1.54) is 4.31 Å². The van der Waals surface area contributed by atoms with Crippen LogP contribution in [-0.2, 0) is 14.8 Å². The van der Waals surface area contributed by atoms with E-state index >= 15 is 0 Å². The Morgan fingerprint density at radius 3 is 2.26 bits per heavy atom. The lowest BCUT2D eigenvalue weighted by molar-refractivity contribution is -0.137. The van der Waals surface area contributed by atoms with Crippen LogP contribution in [-0.4, -0.2) is 36.4 Å². The summed E-state index contributed by atoms with van der Waals surface area (Å²) in [6.07, 6.45) is -0.209. The molecule has 1 unspecified atom stereocenters. The van der Waals surface area contributed by atoms with Crippen molar-refractivity contribution in [1.82, 2.24) is 4.31 Å². The predicted octanol–water partition coefficient (Wildman–Crippen LogP) is 1.87. The SMILES string of the molecule is CCN(C(C)CC(=O)O)S(=O)(=O)c1ccc(C)cc1. The molecule has 0 bridgehead atoms. The fourth-order valence-electron chi connectivity index (χ4n) is 1.92. The van der Waals surface area contributed by atoms with Crippen LogP contribution in [0.1, 0.15) is 25.8 Å². The largest absolute Gasteiger partial charge is 0.481 e. The molecule has 0 aliphatic carbocycles. The van der Waals surface area contributed by atoms with E-state index in [1.807, 2.05) is 6.92 Å². The molecule has 0 aliphatic rings. The normalized spacial score (nSPS) is 13.5. The zero-order chi connectivity index (χ0) is 14.6. The minimum absolute atomic E-state index is 0.192. The van der Waals surface area contributed by atoms with E-state index in [2.05, 4.69) is 0 Å². The van der Waals surface area contributed by atoms with Crippen molar-refractivity contribution in [3.05, 3.63) is 29.8 Å².